The molecular weight excluding hydrogens is 256 g/mol. The molecule has 0 fully saturated rings. The van der Waals surface area contributed by atoms with Crippen LogP contribution in [-0.2, 0) is 11.3 Å². The maximum atomic E-state index is 10.9. The number of methoxy groups -OCH3 is 1. The Bertz CT molecular complexity index is 412. The average Bonchev–Trinajstić information content (AvgIpc) is 2.31. The number of benzene rings is 1. The maximum Gasteiger partial charge on any atom is 0.275 e. The highest BCUT2D eigenvalue weighted by Gasteiger charge is 2.13. The number of halogens is 1. The predicted octanol–water partition coefficient (Wildman–Crippen LogP) is 2.62. The molecule has 100 valence electrons. The van der Waals surface area contributed by atoms with Gasteiger partial charge in [0.2, 0.25) is 0 Å². The molecule has 1 unspecified atom stereocenters. The highest BCUT2D eigenvalue weighted by molar-refractivity contribution is 6.30. The van der Waals surface area contributed by atoms with Crippen molar-refractivity contribution in [3.63, 3.8) is 0 Å². The van der Waals surface area contributed by atoms with E-state index < -0.39 is 4.92 Å². The number of hydrogen-bond acceptors (Lipinski definition) is 4. The second-order valence-corrected chi connectivity index (χ2v) is 4.66. The lowest BCUT2D eigenvalue weighted by Gasteiger charge is -2.11. The van der Waals surface area contributed by atoms with Crippen LogP contribution in [0, 0.1) is 16.0 Å². The Morgan fingerprint density at radius 1 is 1.56 bits per heavy atom. The fraction of sp³-hybridized carbons (Fsp3) is 0.500. The summed E-state index contributed by atoms with van der Waals surface area (Å²) >= 11 is 5.75. The molecule has 18 heavy (non-hydrogen) atoms. The lowest BCUT2D eigenvalue weighted by Crippen LogP contribution is -2.23. The zero-order chi connectivity index (χ0) is 13.5. The Labute approximate surface area is 111 Å². The first-order valence-electron chi connectivity index (χ1n) is 5.67. The van der Waals surface area contributed by atoms with Gasteiger partial charge in [0.1, 0.15) is 0 Å². The van der Waals surface area contributed by atoms with E-state index in [0.717, 1.165) is 6.54 Å². The summed E-state index contributed by atoms with van der Waals surface area (Å²) < 4.78 is 5.02. The van der Waals surface area contributed by atoms with Crippen molar-refractivity contribution in [3.8, 4) is 0 Å². The van der Waals surface area contributed by atoms with Gasteiger partial charge >= 0.3 is 0 Å². The van der Waals surface area contributed by atoms with Crippen molar-refractivity contribution in [2.24, 2.45) is 5.92 Å². The lowest BCUT2D eigenvalue weighted by molar-refractivity contribution is -0.385. The Morgan fingerprint density at radius 3 is 2.89 bits per heavy atom. The second kappa shape index (κ2) is 7.31. The van der Waals surface area contributed by atoms with Crippen molar-refractivity contribution in [3.05, 3.63) is 38.9 Å². The third-order valence-corrected chi connectivity index (χ3v) is 2.74. The maximum absolute atomic E-state index is 10.9. The topological polar surface area (TPSA) is 64.4 Å². The molecule has 1 atom stereocenters. The monoisotopic (exact) mass is 272 g/mol. The predicted molar refractivity (Wildman–Crippen MR) is 70.9 cm³/mol. The van der Waals surface area contributed by atoms with E-state index in [1.54, 1.807) is 19.2 Å². The molecule has 0 bridgehead atoms. The van der Waals surface area contributed by atoms with Crippen molar-refractivity contribution in [2.75, 3.05) is 20.3 Å². The summed E-state index contributed by atoms with van der Waals surface area (Å²) in [6.45, 7) is 3.90. The highest BCUT2D eigenvalue weighted by Crippen LogP contribution is 2.22. The van der Waals surface area contributed by atoms with E-state index in [0.29, 0.717) is 29.7 Å². The van der Waals surface area contributed by atoms with Gasteiger partial charge < -0.3 is 10.1 Å². The normalized spacial score (nSPS) is 12.4. The van der Waals surface area contributed by atoms with Crippen LogP contribution in [0.4, 0.5) is 5.69 Å². The molecule has 0 heterocycles. The fourth-order valence-corrected chi connectivity index (χ4v) is 1.82. The molecule has 1 rings (SSSR count). The minimum absolute atomic E-state index is 0.0504. The summed E-state index contributed by atoms with van der Waals surface area (Å²) in [5.74, 6) is 0.362. The number of nitro groups is 1. The van der Waals surface area contributed by atoms with E-state index in [4.69, 9.17) is 16.3 Å². The third-order valence-electron chi connectivity index (χ3n) is 2.50. The van der Waals surface area contributed by atoms with Gasteiger partial charge in [-0.25, -0.2) is 0 Å². The van der Waals surface area contributed by atoms with Crippen LogP contribution >= 0.6 is 11.6 Å². The van der Waals surface area contributed by atoms with Gasteiger partial charge in [-0.2, -0.15) is 0 Å². The minimum Gasteiger partial charge on any atom is -0.384 e. The van der Waals surface area contributed by atoms with E-state index in [-0.39, 0.29) is 5.69 Å². The number of nitro benzene ring substituents is 1. The van der Waals surface area contributed by atoms with E-state index in [1.807, 2.05) is 6.92 Å². The van der Waals surface area contributed by atoms with Gasteiger partial charge in [0.05, 0.1) is 4.92 Å². The first-order valence-corrected chi connectivity index (χ1v) is 6.05. The van der Waals surface area contributed by atoms with Crippen molar-refractivity contribution >= 4 is 17.3 Å². The van der Waals surface area contributed by atoms with Crippen LogP contribution in [0.2, 0.25) is 5.02 Å². The summed E-state index contributed by atoms with van der Waals surface area (Å²) in [5.41, 5.74) is 0.684. The molecule has 0 spiro atoms. The van der Waals surface area contributed by atoms with Crippen LogP contribution in [-0.4, -0.2) is 25.2 Å². The SMILES string of the molecule is COCC(C)CNCc1ccc(Cl)cc1[N+](=O)[O-]. The zero-order valence-corrected chi connectivity index (χ0v) is 11.2. The molecule has 1 aromatic carbocycles. The van der Waals surface area contributed by atoms with Gasteiger partial charge in [-0.15, -0.1) is 0 Å². The van der Waals surface area contributed by atoms with Crippen molar-refractivity contribution in [2.45, 2.75) is 13.5 Å². The Morgan fingerprint density at radius 2 is 2.28 bits per heavy atom. The molecule has 1 N–H and O–H groups in total. The smallest absolute Gasteiger partial charge is 0.275 e. The summed E-state index contributed by atoms with van der Waals surface area (Å²) in [6.07, 6.45) is 0. The van der Waals surface area contributed by atoms with Crippen molar-refractivity contribution in [1.29, 1.82) is 0 Å². The summed E-state index contributed by atoms with van der Waals surface area (Å²) in [6, 6.07) is 4.70. The lowest BCUT2D eigenvalue weighted by atomic mass is 10.1. The van der Waals surface area contributed by atoms with Crippen LogP contribution in [0.15, 0.2) is 18.2 Å². The minimum atomic E-state index is -0.415. The molecule has 5 nitrogen and oxygen atoms in total. The molecule has 0 amide bonds. The van der Waals surface area contributed by atoms with E-state index in [1.165, 1.54) is 6.07 Å². The standard InChI is InChI=1S/C12H17ClN2O3/c1-9(8-18-2)6-14-7-10-3-4-11(13)5-12(10)15(16)17/h3-5,9,14H,6-8H2,1-2H3. The number of nitrogens with one attached hydrogen (secondary N) is 1. The van der Waals surface area contributed by atoms with E-state index in [9.17, 15) is 10.1 Å². The van der Waals surface area contributed by atoms with Gasteiger partial charge in [0, 0.05) is 43.5 Å². The van der Waals surface area contributed by atoms with Gasteiger partial charge in [0.25, 0.3) is 5.69 Å². The molecule has 0 aliphatic carbocycles. The molecule has 0 aliphatic rings. The first-order chi connectivity index (χ1) is 8.54. The van der Waals surface area contributed by atoms with Gasteiger partial charge in [-0.3, -0.25) is 10.1 Å². The largest absolute Gasteiger partial charge is 0.384 e. The average molecular weight is 273 g/mol. The van der Waals surface area contributed by atoms with Crippen molar-refractivity contribution < 1.29 is 9.66 Å². The highest BCUT2D eigenvalue weighted by atomic mass is 35.5. The molecule has 0 saturated carbocycles. The third kappa shape index (κ3) is 4.60. The van der Waals surface area contributed by atoms with Crippen LogP contribution < -0.4 is 5.32 Å². The van der Waals surface area contributed by atoms with E-state index >= 15 is 0 Å². The Balaban J connectivity index is 2.59. The van der Waals surface area contributed by atoms with Crippen molar-refractivity contribution in [1.82, 2.24) is 5.32 Å². The summed E-state index contributed by atoms with van der Waals surface area (Å²) in [7, 11) is 1.65. The molecule has 0 saturated heterocycles. The number of rotatable bonds is 7. The fourth-order valence-electron chi connectivity index (χ4n) is 1.65. The van der Waals surface area contributed by atoms with E-state index in [2.05, 4.69) is 5.32 Å². The zero-order valence-electron chi connectivity index (χ0n) is 10.5. The van der Waals surface area contributed by atoms with Crippen LogP contribution in [0.25, 0.3) is 0 Å². The number of ether oxygens (including phenoxy) is 1. The van der Waals surface area contributed by atoms with Crippen LogP contribution in [0.3, 0.4) is 0 Å². The molecule has 0 aliphatic heterocycles. The van der Waals surface area contributed by atoms with Gasteiger partial charge in [-0.1, -0.05) is 18.5 Å². The van der Waals surface area contributed by atoms with Gasteiger partial charge in [-0.05, 0) is 18.1 Å². The van der Waals surface area contributed by atoms with Crippen LogP contribution in [0.5, 0.6) is 0 Å². The number of nitrogens with zero attached hydrogens (tertiary/aromatic N) is 1. The van der Waals surface area contributed by atoms with Gasteiger partial charge in [0.15, 0.2) is 0 Å². The first kappa shape index (κ1) is 14.9. The second-order valence-electron chi connectivity index (χ2n) is 4.22. The molecule has 1 aromatic rings. The number of hydrogen-bond donors (Lipinski definition) is 1. The Kier molecular flexibility index (Phi) is 6.04. The Hall–Kier alpha value is -1.17. The molecule has 6 heteroatoms. The van der Waals surface area contributed by atoms with Crippen LogP contribution in [0.1, 0.15) is 12.5 Å². The summed E-state index contributed by atoms with van der Waals surface area (Å²) in [5, 5.41) is 14.4. The molecule has 0 aromatic heterocycles. The summed E-state index contributed by atoms with van der Waals surface area (Å²) in [4.78, 5) is 10.5. The quantitative estimate of drug-likeness (QED) is 0.612. The molecule has 0 radical (unpaired) electrons. The molecular formula is C12H17ClN2O3.